The number of carbonyl (C=O) groups is 1. The van der Waals surface area contributed by atoms with E-state index in [1.165, 1.54) is 0 Å². The molecule has 2 aromatic carbocycles. The molecule has 1 N–H and O–H groups in total. The third kappa shape index (κ3) is 4.22. The Kier molecular flexibility index (Phi) is 6.23. The number of carbonyl (C=O) groups excluding carboxylic acids is 1. The first-order valence-corrected chi connectivity index (χ1v) is 9.80. The first-order valence-electron chi connectivity index (χ1n) is 9.04. The SMILES string of the molecule is CCCCC(=O)Nc1ccccc1C1CN(C)Cc2c(Cl)cc(Cl)cc21. The second-order valence-electron chi connectivity index (χ2n) is 6.94. The minimum atomic E-state index is 0.0628. The van der Waals surface area contributed by atoms with Crippen molar-refractivity contribution in [3.8, 4) is 0 Å². The summed E-state index contributed by atoms with van der Waals surface area (Å²) < 4.78 is 0. The molecule has 0 bridgehead atoms. The second-order valence-corrected chi connectivity index (χ2v) is 7.79. The number of rotatable bonds is 5. The van der Waals surface area contributed by atoms with E-state index < -0.39 is 0 Å². The van der Waals surface area contributed by atoms with Gasteiger partial charge in [0.2, 0.25) is 5.91 Å². The maximum Gasteiger partial charge on any atom is 0.224 e. The Balaban J connectivity index is 1.99. The highest BCUT2D eigenvalue weighted by Gasteiger charge is 2.28. The summed E-state index contributed by atoms with van der Waals surface area (Å²) in [7, 11) is 2.09. The van der Waals surface area contributed by atoms with Crippen LogP contribution in [0.5, 0.6) is 0 Å². The molecule has 1 atom stereocenters. The van der Waals surface area contributed by atoms with Gasteiger partial charge in [-0.05, 0) is 48.4 Å². The maximum atomic E-state index is 12.3. The highest BCUT2D eigenvalue weighted by molar-refractivity contribution is 6.35. The Labute approximate surface area is 165 Å². The lowest BCUT2D eigenvalue weighted by atomic mass is 9.84. The molecule has 3 nitrogen and oxygen atoms in total. The van der Waals surface area contributed by atoms with Crippen LogP contribution in [0.25, 0.3) is 0 Å². The molecular formula is C21H24Cl2N2O. The molecule has 0 saturated carbocycles. The highest BCUT2D eigenvalue weighted by Crippen LogP contribution is 2.40. The molecule has 1 amide bonds. The zero-order valence-corrected chi connectivity index (χ0v) is 16.7. The zero-order chi connectivity index (χ0) is 18.7. The predicted octanol–water partition coefficient (Wildman–Crippen LogP) is 5.70. The van der Waals surface area contributed by atoms with E-state index in [0.29, 0.717) is 16.5 Å². The molecule has 0 fully saturated rings. The molecule has 1 aliphatic rings. The molecule has 0 aliphatic carbocycles. The molecule has 1 aliphatic heterocycles. The van der Waals surface area contributed by atoms with E-state index in [2.05, 4.69) is 30.3 Å². The Morgan fingerprint density at radius 2 is 2.00 bits per heavy atom. The van der Waals surface area contributed by atoms with Crippen molar-refractivity contribution in [2.45, 2.75) is 38.6 Å². The molecule has 1 heterocycles. The number of hydrogen-bond acceptors (Lipinski definition) is 2. The number of nitrogens with zero attached hydrogens (tertiary/aromatic N) is 1. The van der Waals surface area contributed by atoms with Gasteiger partial charge >= 0.3 is 0 Å². The van der Waals surface area contributed by atoms with Crippen molar-refractivity contribution in [1.82, 2.24) is 4.90 Å². The van der Waals surface area contributed by atoms with Gasteiger partial charge in [0.1, 0.15) is 0 Å². The molecule has 26 heavy (non-hydrogen) atoms. The van der Waals surface area contributed by atoms with E-state index >= 15 is 0 Å². The summed E-state index contributed by atoms with van der Waals surface area (Å²) >= 11 is 12.8. The van der Waals surface area contributed by atoms with Gasteiger partial charge in [-0.3, -0.25) is 4.79 Å². The summed E-state index contributed by atoms with van der Waals surface area (Å²) in [5, 5.41) is 4.44. The third-order valence-electron chi connectivity index (χ3n) is 4.86. The van der Waals surface area contributed by atoms with E-state index in [0.717, 1.165) is 48.3 Å². The Bertz CT molecular complexity index is 807. The molecule has 0 spiro atoms. The second kappa shape index (κ2) is 8.43. The van der Waals surface area contributed by atoms with Crippen molar-refractivity contribution >= 4 is 34.8 Å². The van der Waals surface area contributed by atoms with Gasteiger partial charge in [0.15, 0.2) is 0 Å². The molecule has 138 valence electrons. The van der Waals surface area contributed by atoms with Gasteiger partial charge < -0.3 is 10.2 Å². The number of fused-ring (bicyclic) bond motifs is 1. The fourth-order valence-electron chi connectivity index (χ4n) is 3.58. The van der Waals surface area contributed by atoms with Crippen molar-refractivity contribution in [1.29, 1.82) is 0 Å². The number of anilines is 1. The van der Waals surface area contributed by atoms with Gasteiger partial charge in [-0.25, -0.2) is 0 Å². The normalized spacial score (nSPS) is 17.0. The van der Waals surface area contributed by atoms with E-state index in [1.807, 2.05) is 24.3 Å². The molecule has 5 heteroatoms. The summed E-state index contributed by atoms with van der Waals surface area (Å²) in [6.07, 6.45) is 2.45. The number of hydrogen-bond donors (Lipinski definition) is 1. The van der Waals surface area contributed by atoms with Gasteiger partial charge in [0.25, 0.3) is 0 Å². The van der Waals surface area contributed by atoms with E-state index in [-0.39, 0.29) is 11.8 Å². The zero-order valence-electron chi connectivity index (χ0n) is 15.2. The van der Waals surface area contributed by atoms with Crippen molar-refractivity contribution in [2.24, 2.45) is 0 Å². The highest BCUT2D eigenvalue weighted by atomic mass is 35.5. The lowest BCUT2D eigenvalue weighted by Gasteiger charge is -2.34. The van der Waals surface area contributed by atoms with Crippen LogP contribution in [0.2, 0.25) is 10.0 Å². The number of amides is 1. The Morgan fingerprint density at radius 1 is 1.23 bits per heavy atom. The largest absolute Gasteiger partial charge is 0.326 e. The van der Waals surface area contributed by atoms with E-state index in [1.54, 1.807) is 6.07 Å². The quantitative estimate of drug-likeness (QED) is 0.709. The topological polar surface area (TPSA) is 32.3 Å². The average Bonchev–Trinajstić information content (AvgIpc) is 2.60. The average molecular weight is 391 g/mol. The summed E-state index contributed by atoms with van der Waals surface area (Å²) in [5.41, 5.74) is 4.23. The van der Waals surface area contributed by atoms with Crippen LogP contribution in [-0.2, 0) is 11.3 Å². The van der Waals surface area contributed by atoms with Crippen LogP contribution in [0, 0.1) is 0 Å². The first-order chi connectivity index (χ1) is 12.5. The number of nitrogens with one attached hydrogen (secondary N) is 1. The van der Waals surface area contributed by atoms with Crippen molar-refractivity contribution in [2.75, 3.05) is 18.9 Å². The third-order valence-corrected chi connectivity index (χ3v) is 5.42. The molecule has 1 unspecified atom stereocenters. The minimum Gasteiger partial charge on any atom is -0.326 e. The lowest BCUT2D eigenvalue weighted by molar-refractivity contribution is -0.116. The molecule has 0 aromatic heterocycles. The van der Waals surface area contributed by atoms with E-state index in [9.17, 15) is 4.79 Å². The molecular weight excluding hydrogens is 367 g/mol. The van der Waals surface area contributed by atoms with Gasteiger partial charge in [-0.1, -0.05) is 54.7 Å². The van der Waals surface area contributed by atoms with Crippen molar-refractivity contribution < 1.29 is 4.79 Å². The van der Waals surface area contributed by atoms with Crippen LogP contribution < -0.4 is 5.32 Å². The van der Waals surface area contributed by atoms with E-state index in [4.69, 9.17) is 23.2 Å². The van der Waals surface area contributed by atoms with Gasteiger partial charge in [0.05, 0.1) is 0 Å². The fourth-order valence-corrected chi connectivity index (χ4v) is 4.15. The summed E-state index contributed by atoms with van der Waals surface area (Å²) in [5.74, 6) is 0.176. The standard InChI is InChI=1S/C21H24Cl2N2O/c1-3-4-9-21(26)24-20-8-6-5-7-15(20)17-12-25(2)13-18-16(17)10-14(22)11-19(18)23/h5-8,10-11,17H,3-4,9,12-13H2,1-2H3,(H,24,26). The Morgan fingerprint density at radius 3 is 2.77 bits per heavy atom. The molecule has 3 rings (SSSR count). The van der Waals surface area contributed by atoms with Gasteiger partial charge in [0, 0.05) is 41.2 Å². The Hall–Kier alpha value is -1.55. The van der Waals surface area contributed by atoms with Gasteiger partial charge in [-0.2, -0.15) is 0 Å². The number of para-hydroxylation sites is 1. The fraction of sp³-hybridized carbons (Fsp3) is 0.381. The molecule has 2 aromatic rings. The van der Waals surface area contributed by atoms with Crippen LogP contribution in [0.4, 0.5) is 5.69 Å². The van der Waals surface area contributed by atoms with Crippen molar-refractivity contribution in [3.05, 3.63) is 63.1 Å². The van der Waals surface area contributed by atoms with Crippen LogP contribution in [0.3, 0.4) is 0 Å². The van der Waals surface area contributed by atoms with Crippen LogP contribution in [0.1, 0.15) is 48.8 Å². The van der Waals surface area contributed by atoms with Crippen molar-refractivity contribution in [3.63, 3.8) is 0 Å². The summed E-state index contributed by atoms with van der Waals surface area (Å²) in [6.45, 7) is 3.74. The number of benzene rings is 2. The van der Waals surface area contributed by atoms with Crippen LogP contribution in [-0.4, -0.2) is 24.4 Å². The number of likely N-dealkylation sites (N-methyl/N-ethyl adjacent to an activating group) is 1. The first kappa shape index (κ1) is 19.2. The molecule has 0 radical (unpaired) electrons. The van der Waals surface area contributed by atoms with Crippen LogP contribution in [0.15, 0.2) is 36.4 Å². The predicted molar refractivity (Wildman–Crippen MR) is 109 cm³/mol. The monoisotopic (exact) mass is 390 g/mol. The summed E-state index contributed by atoms with van der Waals surface area (Å²) in [4.78, 5) is 14.5. The van der Waals surface area contributed by atoms with Gasteiger partial charge in [-0.15, -0.1) is 0 Å². The number of unbranched alkanes of at least 4 members (excludes halogenated alkanes) is 1. The lowest BCUT2D eigenvalue weighted by Crippen LogP contribution is -2.31. The molecule has 0 saturated heterocycles. The van der Waals surface area contributed by atoms with Crippen LogP contribution >= 0.6 is 23.2 Å². The minimum absolute atomic E-state index is 0.0628. The summed E-state index contributed by atoms with van der Waals surface area (Å²) in [6, 6.07) is 11.8. The number of halogens is 2. The smallest absolute Gasteiger partial charge is 0.224 e. The maximum absolute atomic E-state index is 12.3.